The third kappa shape index (κ3) is 4.42. The van der Waals surface area contributed by atoms with Gasteiger partial charge in [0, 0.05) is 55.2 Å². The zero-order valence-corrected chi connectivity index (χ0v) is 21.2. The predicted octanol–water partition coefficient (Wildman–Crippen LogP) is 2.59. The van der Waals surface area contributed by atoms with Crippen LogP contribution in [0.5, 0.6) is 11.9 Å². The van der Waals surface area contributed by atoms with Crippen LogP contribution in [0.4, 0.5) is 0 Å². The molecule has 0 saturated carbocycles. The monoisotopic (exact) mass is 514 g/mol. The highest BCUT2D eigenvalue weighted by atomic mass is 16.5. The zero-order chi connectivity index (χ0) is 26.8. The summed E-state index contributed by atoms with van der Waals surface area (Å²) in [6.45, 7) is 2.78. The topological polar surface area (TPSA) is 131 Å². The summed E-state index contributed by atoms with van der Waals surface area (Å²) >= 11 is 0. The van der Waals surface area contributed by atoms with Gasteiger partial charge in [-0.3, -0.25) is 19.4 Å². The number of nitrogens with one attached hydrogen (secondary N) is 1. The number of hydrogen-bond donors (Lipinski definition) is 1. The van der Waals surface area contributed by atoms with E-state index in [4.69, 9.17) is 9.47 Å². The molecule has 1 aliphatic rings. The molecule has 194 valence electrons. The lowest BCUT2D eigenvalue weighted by molar-refractivity contribution is -0.130. The summed E-state index contributed by atoms with van der Waals surface area (Å²) in [5, 5.41) is 0.539. The first-order valence-corrected chi connectivity index (χ1v) is 12.0. The van der Waals surface area contributed by atoms with Crippen LogP contribution in [0.15, 0.2) is 55.0 Å². The smallest absolute Gasteiger partial charge is 0.319 e. The van der Waals surface area contributed by atoms with Gasteiger partial charge in [-0.15, -0.1) is 0 Å². The second-order valence-corrected chi connectivity index (χ2v) is 8.86. The first kappa shape index (κ1) is 24.9. The number of aromatic amines is 1. The molecule has 2 amide bonds. The Labute approximate surface area is 218 Å². The van der Waals surface area contributed by atoms with Gasteiger partial charge in [0.1, 0.15) is 5.69 Å². The lowest BCUT2D eigenvalue weighted by atomic mass is 10.0. The van der Waals surface area contributed by atoms with Crippen LogP contribution in [-0.4, -0.2) is 87.2 Å². The fourth-order valence-electron chi connectivity index (χ4n) is 4.67. The van der Waals surface area contributed by atoms with E-state index in [2.05, 4.69) is 19.9 Å². The minimum Gasteiger partial charge on any atom is -0.480 e. The number of methoxy groups -OCH3 is 2. The highest BCUT2D eigenvalue weighted by molar-refractivity contribution is 6.45. The molecule has 1 aromatic carbocycles. The van der Waals surface area contributed by atoms with Crippen LogP contribution in [0.2, 0.25) is 0 Å². The normalized spacial score (nSPS) is 15.4. The van der Waals surface area contributed by atoms with E-state index in [9.17, 15) is 14.4 Å². The van der Waals surface area contributed by atoms with Crippen molar-refractivity contribution in [1.82, 2.24) is 29.7 Å². The maximum Gasteiger partial charge on any atom is 0.319 e. The zero-order valence-electron chi connectivity index (χ0n) is 21.2. The summed E-state index contributed by atoms with van der Waals surface area (Å²) in [7, 11) is 2.93. The second-order valence-electron chi connectivity index (χ2n) is 8.86. The molecule has 5 rings (SSSR count). The number of amides is 2. The molecule has 38 heavy (non-hydrogen) atoms. The van der Waals surface area contributed by atoms with Crippen molar-refractivity contribution in [3.05, 3.63) is 66.1 Å². The third-order valence-corrected chi connectivity index (χ3v) is 6.60. The van der Waals surface area contributed by atoms with Crippen LogP contribution in [0, 0.1) is 0 Å². The average molecular weight is 515 g/mol. The SMILES string of the molecule is COc1ncc(-c2nccc3c(C(=O)C(=O)N4CCN(C(=O)c5ccccc5)CC4C)c[nH]c23)c(OC)n1. The molecule has 4 heterocycles. The number of rotatable bonds is 6. The number of Topliss-reactive ketones (excluding diaryl/α,β-unsaturated/α-hetero) is 1. The third-order valence-electron chi connectivity index (χ3n) is 6.60. The molecule has 0 radical (unpaired) electrons. The van der Waals surface area contributed by atoms with E-state index in [1.807, 2.05) is 25.1 Å². The number of benzene rings is 1. The van der Waals surface area contributed by atoms with Crippen molar-refractivity contribution in [2.45, 2.75) is 13.0 Å². The molecule has 0 spiro atoms. The number of hydrogen-bond acceptors (Lipinski definition) is 8. The van der Waals surface area contributed by atoms with Gasteiger partial charge in [-0.1, -0.05) is 18.2 Å². The number of carbonyl (C=O) groups is 3. The number of piperazine rings is 1. The van der Waals surface area contributed by atoms with E-state index in [1.165, 1.54) is 31.5 Å². The van der Waals surface area contributed by atoms with E-state index in [-0.39, 0.29) is 35.9 Å². The summed E-state index contributed by atoms with van der Waals surface area (Å²) < 4.78 is 10.5. The summed E-state index contributed by atoms with van der Waals surface area (Å²) in [5.74, 6) is -1.09. The van der Waals surface area contributed by atoms with E-state index in [1.54, 1.807) is 29.3 Å². The van der Waals surface area contributed by atoms with Gasteiger partial charge in [-0.2, -0.15) is 4.98 Å². The maximum absolute atomic E-state index is 13.4. The van der Waals surface area contributed by atoms with Crippen LogP contribution < -0.4 is 9.47 Å². The number of aromatic nitrogens is 4. The molecule has 0 bridgehead atoms. The van der Waals surface area contributed by atoms with Gasteiger partial charge >= 0.3 is 6.01 Å². The average Bonchev–Trinajstić information content (AvgIpc) is 3.40. The number of ketones is 1. The summed E-state index contributed by atoms with van der Waals surface area (Å²) in [4.78, 5) is 58.6. The molecule has 1 aliphatic heterocycles. The Bertz CT molecular complexity index is 1520. The van der Waals surface area contributed by atoms with E-state index < -0.39 is 11.7 Å². The molecule has 1 N–H and O–H groups in total. The summed E-state index contributed by atoms with van der Waals surface area (Å²) in [6, 6.07) is 10.5. The van der Waals surface area contributed by atoms with Gasteiger partial charge in [-0.05, 0) is 25.1 Å². The Balaban J connectivity index is 1.38. The Hall–Kier alpha value is -4.80. The predicted molar refractivity (Wildman–Crippen MR) is 138 cm³/mol. The number of H-pyrrole nitrogens is 1. The molecule has 11 heteroatoms. The minimum absolute atomic E-state index is 0.0922. The maximum atomic E-state index is 13.4. The van der Waals surface area contributed by atoms with Gasteiger partial charge < -0.3 is 24.3 Å². The molecule has 0 aliphatic carbocycles. The van der Waals surface area contributed by atoms with Crippen molar-refractivity contribution in [1.29, 1.82) is 0 Å². The Morgan fingerprint density at radius 1 is 1.03 bits per heavy atom. The van der Waals surface area contributed by atoms with E-state index in [0.717, 1.165) is 0 Å². The van der Waals surface area contributed by atoms with Gasteiger partial charge in [0.05, 0.1) is 30.9 Å². The van der Waals surface area contributed by atoms with Crippen LogP contribution in [0.3, 0.4) is 0 Å². The number of carbonyl (C=O) groups excluding carboxylic acids is 3. The van der Waals surface area contributed by atoms with Crippen LogP contribution in [-0.2, 0) is 4.79 Å². The van der Waals surface area contributed by atoms with Gasteiger partial charge in [0.25, 0.3) is 17.6 Å². The molecule has 1 unspecified atom stereocenters. The highest BCUT2D eigenvalue weighted by Crippen LogP contribution is 2.33. The number of ether oxygens (including phenoxy) is 2. The molecule has 1 fully saturated rings. The summed E-state index contributed by atoms with van der Waals surface area (Å²) in [6.07, 6.45) is 4.58. The lowest BCUT2D eigenvalue weighted by Gasteiger charge is -2.39. The second kappa shape index (κ2) is 10.3. The number of pyridine rings is 1. The molecule has 1 saturated heterocycles. The molecular formula is C27H26N6O5. The molecule has 1 atom stereocenters. The van der Waals surface area contributed by atoms with Crippen molar-refractivity contribution in [3.8, 4) is 23.1 Å². The Kier molecular flexibility index (Phi) is 6.73. The first-order valence-electron chi connectivity index (χ1n) is 12.0. The molecular weight excluding hydrogens is 488 g/mol. The highest BCUT2D eigenvalue weighted by Gasteiger charge is 2.34. The van der Waals surface area contributed by atoms with Crippen molar-refractivity contribution in [2.24, 2.45) is 0 Å². The van der Waals surface area contributed by atoms with Crippen LogP contribution in [0.25, 0.3) is 22.2 Å². The van der Waals surface area contributed by atoms with Crippen LogP contribution >= 0.6 is 0 Å². The molecule has 3 aromatic heterocycles. The van der Waals surface area contributed by atoms with Crippen molar-refractivity contribution < 1.29 is 23.9 Å². The first-order chi connectivity index (χ1) is 18.4. The summed E-state index contributed by atoms with van der Waals surface area (Å²) in [5.41, 5.74) is 2.34. The molecule has 4 aromatic rings. The standard InChI is InChI=1S/C27H26N6O5/c1-16-15-32(25(35)17-7-5-4-6-8-17)11-12-33(16)26(36)23(34)19-13-29-21-18(19)9-10-28-22(21)20-14-30-27(38-3)31-24(20)37-2/h4-10,13-14,16,29H,11-12,15H2,1-3H3. The van der Waals surface area contributed by atoms with Crippen LogP contribution in [0.1, 0.15) is 27.6 Å². The van der Waals surface area contributed by atoms with E-state index in [0.29, 0.717) is 40.8 Å². The molecule has 11 nitrogen and oxygen atoms in total. The number of nitrogens with zero attached hydrogens (tertiary/aromatic N) is 5. The Morgan fingerprint density at radius 3 is 2.53 bits per heavy atom. The van der Waals surface area contributed by atoms with Gasteiger partial charge in [0.15, 0.2) is 0 Å². The fraction of sp³-hybridized carbons (Fsp3) is 0.259. The lowest BCUT2D eigenvalue weighted by Crippen LogP contribution is -2.56. The van der Waals surface area contributed by atoms with E-state index >= 15 is 0 Å². The Morgan fingerprint density at radius 2 is 1.82 bits per heavy atom. The van der Waals surface area contributed by atoms with Gasteiger partial charge in [-0.25, -0.2) is 4.98 Å². The quantitative estimate of drug-likeness (QED) is 0.307. The van der Waals surface area contributed by atoms with Gasteiger partial charge in [0.2, 0.25) is 5.88 Å². The largest absolute Gasteiger partial charge is 0.480 e. The number of fused-ring (bicyclic) bond motifs is 1. The van der Waals surface area contributed by atoms with Crippen molar-refractivity contribution in [2.75, 3.05) is 33.9 Å². The van der Waals surface area contributed by atoms with Crippen molar-refractivity contribution >= 4 is 28.5 Å². The minimum atomic E-state index is -0.638. The fourth-order valence-corrected chi connectivity index (χ4v) is 4.67. The van der Waals surface area contributed by atoms with Crippen molar-refractivity contribution in [3.63, 3.8) is 0 Å².